The average Bonchev–Trinajstić information content (AvgIpc) is 3.21. The highest BCUT2D eigenvalue weighted by atomic mass is 35.5. The number of nitrogens with zero attached hydrogens (tertiary/aromatic N) is 3. The van der Waals surface area contributed by atoms with Crippen molar-refractivity contribution in [2.24, 2.45) is 0 Å². The first kappa shape index (κ1) is 20.3. The Morgan fingerprint density at radius 2 is 2.00 bits per heavy atom. The van der Waals surface area contributed by atoms with E-state index in [1.165, 1.54) is 6.26 Å². The molecule has 1 saturated heterocycles. The molecule has 4 rings (SSSR count). The highest BCUT2D eigenvalue weighted by molar-refractivity contribution is 6.36. The van der Waals surface area contributed by atoms with Crippen molar-refractivity contribution in [2.45, 2.75) is 6.54 Å². The number of rotatable bonds is 6. The lowest BCUT2D eigenvalue weighted by molar-refractivity contribution is 0.105. The first-order valence-corrected chi connectivity index (χ1v) is 10.0. The van der Waals surface area contributed by atoms with Gasteiger partial charge in [-0.15, -0.1) is 0 Å². The quantitative estimate of drug-likeness (QED) is 0.463. The molecule has 7 nitrogen and oxygen atoms in total. The molecule has 0 bridgehead atoms. The number of pyridine rings is 1. The molecule has 0 unspecified atom stereocenters. The molecule has 3 heterocycles. The van der Waals surface area contributed by atoms with Crippen LogP contribution in [0.5, 0.6) is 0 Å². The molecule has 1 aromatic carbocycles. The highest BCUT2D eigenvalue weighted by Crippen LogP contribution is 2.30. The Labute approximate surface area is 179 Å². The first-order valence-electron chi connectivity index (χ1n) is 9.64. The molecule has 1 aliphatic heterocycles. The van der Waals surface area contributed by atoms with E-state index in [9.17, 15) is 4.79 Å². The third-order valence-electron chi connectivity index (χ3n) is 5.07. The summed E-state index contributed by atoms with van der Waals surface area (Å²) in [6, 6.07) is 9.46. The molecular weight excluding hydrogens is 402 g/mol. The van der Waals surface area contributed by atoms with Crippen LogP contribution in [0.3, 0.4) is 0 Å². The Balaban J connectivity index is 1.53. The third kappa shape index (κ3) is 4.43. The summed E-state index contributed by atoms with van der Waals surface area (Å²) in [5.41, 5.74) is 9.16. The second kappa shape index (κ2) is 8.79. The monoisotopic (exact) mass is 423 g/mol. The first-order chi connectivity index (χ1) is 14.5. The molecule has 0 radical (unpaired) electrons. The topological polar surface area (TPSA) is 97.3 Å². The SMILES string of the molecule is C=C(C(=O)c1coc(N)n1)c1cc(-c2ccc(CN3CCNCC3)nc2)ccc1Cl. The van der Waals surface area contributed by atoms with Crippen molar-refractivity contribution in [2.75, 3.05) is 31.9 Å². The summed E-state index contributed by atoms with van der Waals surface area (Å²) in [7, 11) is 0. The molecule has 0 atom stereocenters. The zero-order valence-corrected chi connectivity index (χ0v) is 17.2. The van der Waals surface area contributed by atoms with Gasteiger partial charge in [-0.3, -0.25) is 14.7 Å². The number of nitrogens with two attached hydrogens (primary N) is 1. The van der Waals surface area contributed by atoms with E-state index < -0.39 is 0 Å². The smallest absolute Gasteiger partial charge is 0.292 e. The Morgan fingerprint density at radius 1 is 1.23 bits per heavy atom. The van der Waals surface area contributed by atoms with Gasteiger partial charge in [-0.2, -0.15) is 4.98 Å². The number of aromatic nitrogens is 2. The lowest BCUT2D eigenvalue weighted by Crippen LogP contribution is -2.43. The minimum Gasteiger partial charge on any atom is -0.432 e. The van der Waals surface area contributed by atoms with Crippen molar-refractivity contribution >= 4 is 29.0 Å². The number of hydrogen-bond donors (Lipinski definition) is 2. The molecule has 0 aliphatic carbocycles. The number of halogens is 1. The number of hydrogen-bond acceptors (Lipinski definition) is 7. The van der Waals surface area contributed by atoms with Crippen LogP contribution in [0.4, 0.5) is 6.01 Å². The van der Waals surface area contributed by atoms with Gasteiger partial charge in [0.05, 0.1) is 5.69 Å². The van der Waals surface area contributed by atoms with Gasteiger partial charge in [0, 0.05) is 60.6 Å². The van der Waals surface area contributed by atoms with Crippen LogP contribution in [0.1, 0.15) is 21.7 Å². The number of nitrogens with one attached hydrogen (secondary N) is 1. The van der Waals surface area contributed by atoms with Crippen molar-refractivity contribution in [3.05, 3.63) is 71.3 Å². The normalized spacial score (nSPS) is 14.6. The summed E-state index contributed by atoms with van der Waals surface area (Å²) in [5, 5.41) is 3.78. The van der Waals surface area contributed by atoms with E-state index in [-0.39, 0.29) is 23.1 Å². The van der Waals surface area contributed by atoms with Gasteiger partial charge in [0.1, 0.15) is 6.26 Å². The number of carbonyl (C=O) groups excluding carboxylic acids is 1. The van der Waals surface area contributed by atoms with Gasteiger partial charge in [-0.1, -0.05) is 30.3 Å². The van der Waals surface area contributed by atoms with Gasteiger partial charge in [0.15, 0.2) is 5.69 Å². The maximum Gasteiger partial charge on any atom is 0.292 e. The lowest BCUT2D eigenvalue weighted by atomic mass is 9.97. The molecular formula is C22H22ClN5O2. The van der Waals surface area contributed by atoms with E-state index in [2.05, 4.69) is 26.8 Å². The van der Waals surface area contributed by atoms with Crippen LogP contribution in [0.2, 0.25) is 5.02 Å². The maximum absolute atomic E-state index is 12.6. The number of piperazine rings is 1. The predicted octanol–water partition coefficient (Wildman–Crippen LogP) is 3.27. The molecule has 2 aromatic heterocycles. The Hall–Kier alpha value is -3.00. The van der Waals surface area contributed by atoms with Crippen LogP contribution in [0.25, 0.3) is 16.7 Å². The Morgan fingerprint density at radius 3 is 2.67 bits per heavy atom. The number of nitrogen functional groups attached to an aromatic ring is 1. The minimum absolute atomic E-state index is 0.0713. The van der Waals surface area contributed by atoms with Gasteiger partial charge >= 0.3 is 0 Å². The standard InChI is InChI=1S/C22H22ClN5O2/c1-14(21(29)20-13-30-22(24)27-20)18-10-15(3-5-19(18)23)16-2-4-17(26-11-16)12-28-8-6-25-7-9-28/h2-5,10-11,13,25H,1,6-9,12H2,(H2,24,27). The van der Waals surface area contributed by atoms with E-state index in [4.69, 9.17) is 21.8 Å². The van der Waals surface area contributed by atoms with Crippen LogP contribution < -0.4 is 11.1 Å². The van der Waals surface area contributed by atoms with Crippen LogP contribution in [0.15, 0.2) is 53.8 Å². The third-order valence-corrected chi connectivity index (χ3v) is 5.40. The molecule has 3 N–H and O–H groups in total. The number of allylic oxidation sites excluding steroid dienone is 1. The Bertz CT molecular complexity index is 1070. The van der Waals surface area contributed by atoms with Crippen molar-refractivity contribution < 1.29 is 9.21 Å². The number of ketones is 1. The fourth-order valence-electron chi connectivity index (χ4n) is 3.39. The average molecular weight is 424 g/mol. The summed E-state index contributed by atoms with van der Waals surface area (Å²) < 4.78 is 4.92. The number of benzene rings is 1. The van der Waals surface area contributed by atoms with Gasteiger partial charge in [-0.25, -0.2) is 0 Å². The number of Topliss-reactive ketones (excluding diaryl/α,β-unsaturated/α-hetero) is 1. The van der Waals surface area contributed by atoms with E-state index in [0.717, 1.165) is 49.5 Å². The van der Waals surface area contributed by atoms with Crippen LogP contribution in [0, 0.1) is 0 Å². The molecule has 0 spiro atoms. The second-order valence-electron chi connectivity index (χ2n) is 7.14. The predicted molar refractivity (Wildman–Crippen MR) is 117 cm³/mol. The van der Waals surface area contributed by atoms with E-state index in [1.807, 2.05) is 30.5 Å². The Kier molecular flexibility index (Phi) is 5.94. The fraction of sp³-hybridized carbons (Fsp3) is 0.227. The zero-order chi connectivity index (χ0) is 21.1. The molecule has 0 saturated carbocycles. The summed E-state index contributed by atoms with van der Waals surface area (Å²) in [5.74, 6) is -0.390. The molecule has 8 heteroatoms. The number of carbonyl (C=O) groups is 1. The molecule has 1 fully saturated rings. The number of oxazole rings is 1. The van der Waals surface area contributed by atoms with Crippen molar-refractivity contribution in [3.63, 3.8) is 0 Å². The van der Waals surface area contributed by atoms with E-state index in [1.54, 1.807) is 6.07 Å². The second-order valence-corrected chi connectivity index (χ2v) is 7.54. The zero-order valence-electron chi connectivity index (χ0n) is 16.4. The molecule has 0 amide bonds. The van der Waals surface area contributed by atoms with Crippen molar-refractivity contribution in [3.8, 4) is 11.1 Å². The van der Waals surface area contributed by atoms with Gasteiger partial charge in [0.2, 0.25) is 5.78 Å². The minimum atomic E-state index is -0.390. The molecule has 1 aliphatic rings. The number of anilines is 1. The van der Waals surface area contributed by atoms with Gasteiger partial charge < -0.3 is 15.5 Å². The van der Waals surface area contributed by atoms with E-state index >= 15 is 0 Å². The van der Waals surface area contributed by atoms with Gasteiger partial charge in [-0.05, 0) is 23.8 Å². The highest BCUT2D eigenvalue weighted by Gasteiger charge is 2.19. The lowest BCUT2D eigenvalue weighted by Gasteiger charge is -2.26. The van der Waals surface area contributed by atoms with Crippen molar-refractivity contribution in [1.29, 1.82) is 0 Å². The summed E-state index contributed by atoms with van der Waals surface area (Å²) in [6.07, 6.45) is 3.05. The molecule has 30 heavy (non-hydrogen) atoms. The molecule has 154 valence electrons. The van der Waals surface area contributed by atoms with Gasteiger partial charge in [0.25, 0.3) is 6.01 Å². The summed E-state index contributed by atoms with van der Waals surface area (Å²) in [6.45, 7) is 8.80. The van der Waals surface area contributed by atoms with E-state index in [0.29, 0.717) is 10.6 Å². The van der Waals surface area contributed by atoms with Crippen LogP contribution in [-0.2, 0) is 6.54 Å². The van der Waals surface area contributed by atoms with Crippen molar-refractivity contribution in [1.82, 2.24) is 20.2 Å². The largest absolute Gasteiger partial charge is 0.432 e. The summed E-state index contributed by atoms with van der Waals surface area (Å²) >= 11 is 6.34. The van der Waals surface area contributed by atoms with Crippen LogP contribution in [-0.4, -0.2) is 46.8 Å². The summed E-state index contributed by atoms with van der Waals surface area (Å²) in [4.78, 5) is 23.5. The molecule has 3 aromatic rings. The van der Waals surface area contributed by atoms with Crippen LogP contribution >= 0.6 is 11.6 Å². The fourth-order valence-corrected chi connectivity index (χ4v) is 3.62. The maximum atomic E-state index is 12.6.